The Bertz CT molecular complexity index is 429. The van der Waals surface area contributed by atoms with E-state index in [1.807, 2.05) is 13.8 Å². The zero-order valence-electron chi connectivity index (χ0n) is 16.1. The van der Waals surface area contributed by atoms with Crippen LogP contribution in [-0.2, 0) is 4.79 Å². The lowest BCUT2D eigenvalue weighted by atomic mass is 9.78. The first-order chi connectivity index (χ1) is 10.8. The standard InChI is InChI=1S/C20H37N2O/c1-14(2)18-7-9-21(10-8-18)13-19-16(5)11-22(12-17(19)6)20(23)15(3)4/h9,14-19H,7-8,10-13H2,1-6H3/q+1/t16-,17+,18?,19?. The molecule has 1 amide bonds. The van der Waals surface area contributed by atoms with Gasteiger partial charge in [0.25, 0.3) is 0 Å². The molecule has 3 heteroatoms. The van der Waals surface area contributed by atoms with E-state index in [4.69, 9.17) is 0 Å². The van der Waals surface area contributed by atoms with Crippen molar-refractivity contribution in [2.45, 2.75) is 54.4 Å². The molecular formula is C20H37N2O+. The van der Waals surface area contributed by atoms with Gasteiger partial charge in [-0.2, -0.15) is 0 Å². The zero-order chi connectivity index (χ0) is 17.1. The first-order valence-electron chi connectivity index (χ1n) is 9.65. The van der Waals surface area contributed by atoms with Crippen molar-refractivity contribution < 1.29 is 9.37 Å². The van der Waals surface area contributed by atoms with Crippen LogP contribution in [0, 0.1) is 35.5 Å². The number of likely N-dealkylation sites (tertiary alicyclic amines) is 1. The van der Waals surface area contributed by atoms with E-state index in [1.165, 1.54) is 25.9 Å². The molecule has 0 radical (unpaired) electrons. The summed E-state index contributed by atoms with van der Waals surface area (Å²) in [5.41, 5.74) is 0. The van der Waals surface area contributed by atoms with E-state index in [0.29, 0.717) is 23.7 Å². The van der Waals surface area contributed by atoms with Gasteiger partial charge in [-0.3, -0.25) is 4.79 Å². The molecule has 3 nitrogen and oxygen atoms in total. The van der Waals surface area contributed by atoms with Gasteiger partial charge in [-0.1, -0.05) is 41.5 Å². The lowest BCUT2D eigenvalue weighted by molar-refractivity contribution is -0.541. The number of carbonyl (C=O) groups excluding carboxylic acids is 1. The molecule has 132 valence electrons. The third-order valence-electron chi connectivity index (χ3n) is 6.13. The average Bonchev–Trinajstić information content (AvgIpc) is 2.50. The van der Waals surface area contributed by atoms with Gasteiger partial charge in [0, 0.05) is 37.8 Å². The Hall–Kier alpha value is -0.860. The second-order valence-electron chi connectivity index (χ2n) is 8.72. The molecule has 0 aliphatic carbocycles. The third-order valence-corrected chi connectivity index (χ3v) is 6.13. The van der Waals surface area contributed by atoms with Crippen molar-refractivity contribution in [2.24, 2.45) is 35.5 Å². The third kappa shape index (κ3) is 4.58. The van der Waals surface area contributed by atoms with Gasteiger partial charge in [0.15, 0.2) is 0 Å². The van der Waals surface area contributed by atoms with Crippen LogP contribution in [0.2, 0.25) is 0 Å². The van der Waals surface area contributed by atoms with E-state index in [1.54, 1.807) is 0 Å². The van der Waals surface area contributed by atoms with Gasteiger partial charge in [0.2, 0.25) is 5.91 Å². The van der Waals surface area contributed by atoms with Crippen LogP contribution < -0.4 is 0 Å². The molecule has 0 spiro atoms. The smallest absolute Gasteiger partial charge is 0.225 e. The van der Waals surface area contributed by atoms with E-state index in [9.17, 15) is 4.79 Å². The summed E-state index contributed by atoms with van der Waals surface area (Å²) in [6.07, 6.45) is 5.03. The Kier molecular flexibility index (Phi) is 6.27. The summed E-state index contributed by atoms with van der Waals surface area (Å²) < 4.78 is 2.57. The normalized spacial score (nSPS) is 32.3. The molecule has 0 bridgehead atoms. The Morgan fingerprint density at radius 2 is 1.78 bits per heavy atom. The molecule has 0 N–H and O–H groups in total. The largest absolute Gasteiger partial charge is 0.342 e. The van der Waals surface area contributed by atoms with E-state index in [0.717, 1.165) is 24.9 Å². The van der Waals surface area contributed by atoms with E-state index >= 15 is 0 Å². The Balaban J connectivity index is 1.93. The molecule has 0 aromatic rings. The van der Waals surface area contributed by atoms with Gasteiger partial charge >= 0.3 is 0 Å². The fraction of sp³-hybridized carbons (Fsp3) is 0.900. The Morgan fingerprint density at radius 1 is 1.17 bits per heavy atom. The Morgan fingerprint density at radius 3 is 2.22 bits per heavy atom. The van der Waals surface area contributed by atoms with Crippen LogP contribution in [0.4, 0.5) is 0 Å². The van der Waals surface area contributed by atoms with Crippen LogP contribution in [0.25, 0.3) is 0 Å². The number of rotatable bonds is 4. The van der Waals surface area contributed by atoms with Gasteiger partial charge in [-0.15, -0.1) is 0 Å². The molecule has 4 atom stereocenters. The SMILES string of the molecule is CC(C)C(=O)N1C[C@@H](C)C(C[N+]2=CCC(C(C)C)CC2)[C@@H](C)C1. The molecule has 0 saturated carbocycles. The summed E-state index contributed by atoms with van der Waals surface area (Å²) in [7, 11) is 0. The highest BCUT2D eigenvalue weighted by Crippen LogP contribution is 2.30. The average molecular weight is 322 g/mol. The molecule has 0 aromatic heterocycles. The molecule has 2 aliphatic heterocycles. The fourth-order valence-electron chi connectivity index (χ4n) is 4.37. The van der Waals surface area contributed by atoms with Crippen LogP contribution >= 0.6 is 0 Å². The number of amides is 1. The molecule has 2 heterocycles. The van der Waals surface area contributed by atoms with E-state index in [2.05, 4.69) is 43.4 Å². The lowest BCUT2D eigenvalue weighted by Gasteiger charge is -2.41. The molecular weight excluding hydrogens is 284 g/mol. The summed E-state index contributed by atoms with van der Waals surface area (Å²) in [6, 6.07) is 0. The molecule has 2 aliphatic rings. The predicted molar refractivity (Wildman–Crippen MR) is 96.9 cm³/mol. The highest BCUT2D eigenvalue weighted by molar-refractivity contribution is 5.78. The van der Waals surface area contributed by atoms with Crippen molar-refractivity contribution in [3.63, 3.8) is 0 Å². The van der Waals surface area contributed by atoms with Crippen molar-refractivity contribution in [3.05, 3.63) is 0 Å². The van der Waals surface area contributed by atoms with Gasteiger partial charge in [-0.25, -0.2) is 4.58 Å². The molecule has 23 heavy (non-hydrogen) atoms. The molecule has 0 aromatic carbocycles. The maximum Gasteiger partial charge on any atom is 0.225 e. The molecule has 1 fully saturated rings. The number of carbonyl (C=O) groups is 1. The van der Waals surface area contributed by atoms with Crippen molar-refractivity contribution >= 4 is 12.1 Å². The summed E-state index contributed by atoms with van der Waals surface area (Å²) in [6.45, 7) is 17.7. The van der Waals surface area contributed by atoms with Gasteiger partial charge in [-0.05, 0) is 23.7 Å². The maximum atomic E-state index is 12.3. The Labute approximate surface area is 143 Å². The summed E-state index contributed by atoms with van der Waals surface area (Å²) in [5, 5.41) is 0. The highest BCUT2D eigenvalue weighted by atomic mass is 16.2. The molecule has 2 rings (SSSR count). The van der Waals surface area contributed by atoms with Gasteiger partial charge < -0.3 is 4.90 Å². The van der Waals surface area contributed by atoms with Crippen molar-refractivity contribution in [2.75, 3.05) is 26.2 Å². The first-order valence-corrected chi connectivity index (χ1v) is 9.65. The minimum atomic E-state index is 0.120. The number of hydrogen-bond acceptors (Lipinski definition) is 1. The van der Waals surface area contributed by atoms with Crippen molar-refractivity contribution in [3.8, 4) is 0 Å². The second-order valence-corrected chi connectivity index (χ2v) is 8.72. The number of hydrogen-bond donors (Lipinski definition) is 0. The zero-order valence-corrected chi connectivity index (χ0v) is 16.1. The minimum absolute atomic E-state index is 0.120. The second kappa shape index (κ2) is 7.81. The summed E-state index contributed by atoms with van der Waals surface area (Å²) >= 11 is 0. The van der Waals surface area contributed by atoms with Gasteiger partial charge in [0.05, 0.1) is 0 Å². The number of nitrogens with zero attached hydrogens (tertiary/aromatic N) is 2. The first kappa shape index (κ1) is 18.5. The maximum absolute atomic E-state index is 12.3. The van der Waals surface area contributed by atoms with Crippen molar-refractivity contribution in [1.29, 1.82) is 0 Å². The lowest BCUT2D eigenvalue weighted by Crippen LogP contribution is -2.50. The number of piperidine rings is 1. The molecule has 1 saturated heterocycles. The van der Waals surface area contributed by atoms with Crippen LogP contribution in [0.5, 0.6) is 0 Å². The van der Waals surface area contributed by atoms with Crippen LogP contribution in [0.1, 0.15) is 54.4 Å². The summed E-state index contributed by atoms with van der Waals surface area (Å²) in [5.74, 6) is 4.01. The monoisotopic (exact) mass is 321 g/mol. The predicted octanol–water partition coefficient (Wildman–Crippen LogP) is 3.52. The summed E-state index contributed by atoms with van der Waals surface area (Å²) in [4.78, 5) is 14.4. The van der Waals surface area contributed by atoms with Crippen LogP contribution in [0.3, 0.4) is 0 Å². The minimum Gasteiger partial charge on any atom is -0.342 e. The quantitative estimate of drug-likeness (QED) is 0.727. The topological polar surface area (TPSA) is 23.3 Å². The van der Waals surface area contributed by atoms with Gasteiger partial charge in [0.1, 0.15) is 19.3 Å². The van der Waals surface area contributed by atoms with E-state index in [-0.39, 0.29) is 5.92 Å². The van der Waals surface area contributed by atoms with Crippen LogP contribution in [0.15, 0.2) is 0 Å². The van der Waals surface area contributed by atoms with Crippen molar-refractivity contribution in [1.82, 2.24) is 4.90 Å². The fourth-order valence-corrected chi connectivity index (χ4v) is 4.37. The van der Waals surface area contributed by atoms with E-state index < -0.39 is 0 Å². The molecule has 2 unspecified atom stereocenters. The highest BCUT2D eigenvalue weighted by Gasteiger charge is 2.37. The van der Waals surface area contributed by atoms with Crippen LogP contribution in [-0.4, -0.2) is 47.8 Å².